The zero-order chi connectivity index (χ0) is 9.02. The molecule has 0 aliphatic rings. The molecule has 0 aromatic carbocycles. The first kappa shape index (κ1) is 9.74. The standard InChI is InChI=1S/C6H13N3O2/c1-4(2)5(10)8-9(3)6(7)11/h4H,1-3H3,(H2,7,11)(H,8,10). The number of hydrogen-bond acceptors (Lipinski definition) is 2. The first-order chi connectivity index (χ1) is 4.95. The summed E-state index contributed by atoms with van der Waals surface area (Å²) in [6.07, 6.45) is 0. The van der Waals surface area contributed by atoms with Crippen molar-refractivity contribution >= 4 is 11.9 Å². The molecule has 0 unspecified atom stereocenters. The maximum atomic E-state index is 10.9. The van der Waals surface area contributed by atoms with Gasteiger partial charge < -0.3 is 5.73 Å². The van der Waals surface area contributed by atoms with Gasteiger partial charge in [0.2, 0.25) is 5.91 Å². The van der Waals surface area contributed by atoms with Crippen molar-refractivity contribution in [1.82, 2.24) is 10.4 Å². The molecule has 0 spiro atoms. The van der Waals surface area contributed by atoms with Gasteiger partial charge in [-0.05, 0) is 0 Å². The van der Waals surface area contributed by atoms with E-state index in [1.807, 2.05) is 0 Å². The first-order valence-electron chi connectivity index (χ1n) is 3.28. The fourth-order valence-electron chi connectivity index (χ4n) is 0.349. The highest BCUT2D eigenvalue weighted by Gasteiger charge is 2.10. The lowest BCUT2D eigenvalue weighted by Crippen LogP contribution is -2.47. The molecular weight excluding hydrogens is 146 g/mol. The van der Waals surface area contributed by atoms with E-state index in [9.17, 15) is 9.59 Å². The number of rotatable bonds is 1. The third-order valence-corrected chi connectivity index (χ3v) is 1.13. The van der Waals surface area contributed by atoms with Crippen LogP contribution in [0.25, 0.3) is 0 Å². The Morgan fingerprint density at radius 2 is 1.91 bits per heavy atom. The molecule has 0 saturated carbocycles. The summed E-state index contributed by atoms with van der Waals surface area (Å²) >= 11 is 0. The number of primary amides is 1. The van der Waals surface area contributed by atoms with Crippen molar-refractivity contribution < 1.29 is 9.59 Å². The Hall–Kier alpha value is -1.26. The molecule has 3 N–H and O–H groups in total. The molecule has 0 fully saturated rings. The van der Waals surface area contributed by atoms with Crippen LogP contribution in [-0.4, -0.2) is 24.0 Å². The summed E-state index contributed by atoms with van der Waals surface area (Å²) in [5.41, 5.74) is 7.16. The van der Waals surface area contributed by atoms with Crippen molar-refractivity contribution in [2.75, 3.05) is 7.05 Å². The quantitative estimate of drug-likeness (QED) is 0.515. The van der Waals surface area contributed by atoms with Crippen LogP contribution in [-0.2, 0) is 4.79 Å². The predicted molar refractivity (Wildman–Crippen MR) is 40.3 cm³/mol. The van der Waals surface area contributed by atoms with E-state index in [0.717, 1.165) is 5.01 Å². The highest BCUT2D eigenvalue weighted by atomic mass is 16.2. The van der Waals surface area contributed by atoms with Crippen LogP contribution in [0, 0.1) is 5.92 Å². The van der Waals surface area contributed by atoms with E-state index >= 15 is 0 Å². The van der Waals surface area contributed by atoms with Crippen LogP contribution in [0.3, 0.4) is 0 Å². The van der Waals surface area contributed by atoms with E-state index in [2.05, 4.69) is 5.43 Å². The molecule has 5 heteroatoms. The smallest absolute Gasteiger partial charge is 0.333 e. The molecule has 0 atom stereocenters. The molecule has 0 aromatic rings. The second-order valence-corrected chi connectivity index (χ2v) is 2.53. The van der Waals surface area contributed by atoms with Crippen LogP contribution < -0.4 is 11.2 Å². The molecule has 5 nitrogen and oxygen atoms in total. The van der Waals surface area contributed by atoms with E-state index in [1.54, 1.807) is 13.8 Å². The summed E-state index contributed by atoms with van der Waals surface area (Å²) in [5.74, 6) is -0.386. The number of carbonyl (C=O) groups excluding carboxylic acids is 2. The van der Waals surface area contributed by atoms with E-state index in [1.165, 1.54) is 7.05 Å². The summed E-state index contributed by atoms with van der Waals surface area (Å²) < 4.78 is 0. The van der Waals surface area contributed by atoms with Gasteiger partial charge in [-0.15, -0.1) is 0 Å². The van der Waals surface area contributed by atoms with Gasteiger partial charge in [0.15, 0.2) is 0 Å². The number of nitrogens with one attached hydrogen (secondary N) is 1. The van der Waals surface area contributed by atoms with Crippen molar-refractivity contribution in [2.24, 2.45) is 11.7 Å². The minimum atomic E-state index is -0.681. The molecule has 0 radical (unpaired) electrons. The lowest BCUT2D eigenvalue weighted by Gasteiger charge is -2.16. The number of amides is 3. The summed E-state index contributed by atoms with van der Waals surface area (Å²) in [6, 6.07) is -0.681. The topological polar surface area (TPSA) is 75.4 Å². The Kier molecular flexibility index (Phi) is 3.36. The normalized spacial score (nSPS) is 9.45. The molecule has 0 rings (SSSR count). The van der Waals surface area contributed by atoms with Gasteiger partial charge in [-0.1, -0.05) is 13.8 Å². The molecule has 0 aliphatic heterocycles. The highest BCUT2D eigenvalue weighted by Crippen LogP contribution is 1.90. The van der Waals surface area contributed by atoms with Crippen LogP contribution in [0.1, 0.15) is 13.8 Å². The zero-order valence-electron chi connectivity index (χ0n) is 6.92. The molecule has 3 amide bonds. The minimum absolute atomic E-state index is 0.156. The first-order valence-corrected chi connectivity index (χ1v) is 3.28. The van der Waals surface area contributed by atoms with Crippen molar-refractivity contribution in [3.63, 3.8) is 0 Å². The van der Waals surface area contributed by atoms with Crippen molar-refractivity contribution in [3.8, 4) is 0 Å². The highest BCUT2D eigenvalue weighted by molar-refractivity contribution is 5.81. The van der Waals surface area contributed by atoms with Crippen LogP contribution in [0.4, 0.5) is 4.79 Å². The fourth-order valence-corrected chi connectivity index (χ4v) is 0.349. The van der Waals surface area contributed by atoms with Crippen LogP contribution in [0.5, 0.6) is 0 Å². The molecule has 64 valence electrons. The van der Waals surface area contributed by atoms with Crippen LogP contribution in [0.15, 0.2) is 0 Å². The molecule has 0 bridgehead atoms. The van der Waals surface area contributed by atoms with Gasteiger partial charge in [-0.3, -0.25) is 10.2 Å². The lowest BCUT2D eigenvalue weighted by atomic mass is 10.2. The maximum Gasteiger partial charge on any atom is 0.333 e. The molecule has 0 heterocycles. The number of carbonyl (C=O) groups is 2. The number of hydrazine groups is 1. The van der Waals surface area contributed by atoms with E-state index in [-0.39, 0.29) is 11.8 Å². The summed E-state index contributed by atoms with van der Waals surface area (Å²) in [6.45, 7) is 3.45. The Morgan fingerprint density at radius 1 is 1.45 bits per heavy atom. The number of urea groups is 1. The third-order valence-electron chi connectivity index (χ3n) is 1.13. The van der Waals surface area contributed by atoms with Crippen molar-refractivity contribution in [1.29, 1.82) is 0 Å². The fraction of sp³-hybridized carbons (Fsp3) is 0.667. The molecule has 0 saturated heterocycles. The number of nitrogens with zero attached hydrogens (tertiary/aromatic N) is 1. The maximum absolute atomic E-state index is 10.9. The average Bonchev–Trinajstić information content (AvgIpc) is 1.87. The number of hydrogen-bond donors (Lipinski definition) is 2. The van der Waals surface area contributed by atoms with Gasteiger partial charge in [-0.2, -0.15) is 0 Å². The van der Waals surface area contributed by atoms with Gasteiger partial charge in [-0.25, -0.2) is 9.80 Å². The van der Waals surface area contributed by atoms with Crippen LogP contribution >= 0.6 is 0 Å². The monoisotopic (exact) mass is 159 g/mol. The van der Waals surface area contributed by atoms with Gasteiger partial charge in [0.25, 0.3) is 0 Å². The largest absolute Gasteiger partial charge is 0.350 e. The Labute approximate surface area is 65.5 Å². The zero-order valence-corrected chi connectivity index (χ0v) is 6.92. The molecule has 0 aromatic heterocycles. The minimum Gasteiger partial charge on any atom is -0.350 e. The lowest BCUT2D eigenvalue weighted by molar-refractivity contribution is -0.127. The van der Waals surface area contributed by atoms with Crippen molar-refractivity contribution in [2.45, 2.75) is 13.8 Å². The molecule has 0 aliphatic carbocycles. The summed E-state index contributed by atoms with van der Waals surface area (Å²) in [7, 11) is 1.39. The van der Waals surface area contributed by atoms with Crippen molar-refractivity contribution in [3.05, 3.63) is 0 Å². The van der Waals surface area contributed by atoms with Gasteiger partial charge in [0, 0.05) is 13.0 Å². The SMILES string of the molecule is CC(C)C(=O)NN(C)C(N)=O. The van der Waals surface area contributed by atoms with E-state index in [0.29, 0.717) is 0 Å². The Morgan fingerprint density at radius 3 is 2.18 bits per heavy atom. The summed E-state index contributed by atoms with van der Waals surface area (Å²) in [5, 5.41) is 0.947. The molecule has 11 heavy (non-hydrogen) atoms. The van der Waals surface area contributed by atoms with E-state index in [4.69, 9.17) is 5.73 Å². The average molecular weight is 159 g/mol. The van der Waals surface area contributed by atoms with Gasteiger partial charge in [0.1, 0.15) is 0 Å². The third kappa shape index (κ3) is 3.44. The Balaban J connectivity index is 3.85. The van der Waals surface area contributed by atoms with E-state index < -0.39 is 6.03 Å². The predicted octanol–water partition coefficient (Wildman–Crippen LogP) is -0.316. The second kappa shape index (κ2) is 3.80. The summed E-state index contributed by atoms with van der Waals surface area (Å²) in [4.78, 5) is 21.3. The Bertz CT molecular complexity index is 167. The molecular formula is C6H13N3O2. The number of nitrogens with two attached hydrogens (primary N) is 1. The van der Waals surface area contributed by atoms with Gasteiger partial charge >= 0.3 is 6.03 Å². The van der Waals surface area contributed by atoms with Crippen LogP contribution in [0.2, 0.25) is 0 Å². The second-order valence-electron chi connectivity index (χ2n) is 2.53. The van der Waals surface area contributed by atoms with Gasteiger partial charge in [0.05, 0.1) is 0 Å².